The molecular formula is C18H20FNO4. The zero-order valence-electron chi connectivity index (χ0n) is 14.1. The number of rotatable bonds is 6. The van der Waals surface area contributed by atoms with Crippen molar-refractivity contribution >= 4 is 11.8 Å². The zero-order chi connectivity index (χ0) is 17.9. The number of H-pyrrole nitrogens is 1. The van der Waals surface area contributed by atoms with Crippen molar-refractivity contribution in [2.24, 2.45) is 0 Å². The predicted molar refractivity (Wildman–Crippen MR) is 87.0 cm³/mol. The van der Waals surface area contributed by atoms with E-state index in [1.807, 2.05) is 0 Å². The number of aromatic nitrogens is 1. The van der Waals surface area contributed by atoms with Gasteiger partial charge in [0.25, 0.3) is 0 Å². The van der Waals surface area contributed by atoms with Gasteiger partial charge in [-0.05, 0) is 45.4 Å². The number of para-hydroxylation sites is 1. The molecule has 128 valence electrons. The van der Waals surface area contributed by atoms with Gasteiger partial charge in [-0.15, -0.1) is 0 Å². The molecule has 0 fully saturated rings. The molecule has 0 unspecified atom stereocenters. The molecule has 0 amide bonds. The second-order valence-electron chi connectivity index (χ2n) is 5.40. The van der Waals surface area contributed by atoms with Gasteiger partial charge in [0.1, 0.15) is 0 Å². The summed E-state index contributed by atoms with van der Waals surface area (Å²) in [6.07, 6.45) is -0.909. The average Bonchev–Trinajstić information content (AvgIpc) is 2.83. The van der Waals surface area contributed by atoms with Crippen molar-refractivity contribution in [1.29, 1.82) is 0 Å². The highest BCUT2D eigenvalue weighted by Crippen LogP contribution is 2.23. The minimum absolute atomic E-state index is 0.00453. The lowest BCUT2D eigenvalue weighted by molar-refractivity contribution is 0.0525. The number of aromatic amines is 1. The molecule has 0 bridgehead atoms. The summed E-state index contributed by atoms with van der Waals surface area (Å²) in [6.45, 7) is 6.86. The van der Waals surface area contributed by atoms with Gasteiger partial charge in [-0.2, -0.15) is 0 Å². The molecule has 1 aromatic carbocycles. The molecule has 0 saturated carbocycles. The molecular weight excluding hydrogens is 313 g/mol. The van der Waals surface area contributed by atoms with E-state index >= 15 is 0 Å². The fraction of sp³-hybridized carbons (Fsp3) is 0.333. The van der Waals surface area contributed by atoms with Crippen molar-refractivity contribution in [3.8, 4) is 5.75 Å². The maximum absolute atomic E-state index is 13.6. The number of ether oxygens (including phenoxy) is 2. The van der Waals surface area contributed by atoms with Crippen molar-refractivity contribution in [3.63, 3.8) is 0 Å². The van der Waals surface area contributed by atoms with E-state index in [0.717, 1.165) is 0 Å². The number of hydrogen-bond acceptors (Lipinski definition) is 4. The SMILES string of the molecule is CCOC(=O)c1c(C)[nH]c(C(=O)[C@@H](C)Oc2ccccc2F)c1C. The summed E-state index contributed by atoms with van der Waals surface area (Å²) in [4.78, 5) is 27.5. The van der Waals surface area contributed by atoms with Gasteiger partial charge in [0.15, 0.2) is 17.7 Å². The minimum Gasteiger partial charge on any atom is -0.479 e. The zero-order valence-corrected chi connectivity index (χ0v) is 14.1. The summed E-state index contributed by atoms with van der Waals surface area (Å²) in [5, 5.41) is 0. The van der Waals surface area contributed by atoms with Gasteiger partial charge in [0.2, 0.25) is 5.78 Å². The van der Waals surface area contributed by atoms with Crippen molar-refractivity contribution in [3.05, 3.63) is 52.6 Å². The molecule has 1 atom stereocenters. The number of aryl methyl sites for hydroxylation is 1. The Morgan fingerprint density at radius 3 is 2.54 bits per heavy atom. The monoisotopic (exact) mass is 333 g/mol. The van der Waals surface area contributed by atoms with E-state index in [0.29, 0.717) is 16.8 Å². The summed E-state index contributed by atoms with van der Waals surface area (Å²) in [7, 11) is 0. The number of esters is 1. The molecule has 1 aromatic heterocycles. The number of carbonyl (C=O) groups excluding carboxylic acids is 2. The Morgan fingerprint density at radius 2 is 1.92 bits per heavy atom. The van der Waals surface area contributed by atoms with Crippen LogP contribution in [0.3, 0.4) is 0 Å². The second-order valence-corrected chi connectivity index (χ2v) is 5.40. The smallest absolute Gasteiger partial charge is 0.340 e. The number of carbonyl (C=O) groups is 2. The van der Waals surface area contributed by atoms with E-state index in [1.54, 1.807) is 32.9 Å². The van der Waals surface area contributed by atoms with E-state index in [9.17, 15) is 14.0 Å². The molecule has 24 heavy (non-hydrogen) atoms. The lowest BCUT2D eigenvalue weighted by atomic mass is 10.1. The lowest BCUT2D eigenvalue weighted by Gasteiger charge is -2.14. The molecule has 0 aliphatic rings. The first kappa shape index (κ1) is 17.7. The number of nitrogens with one attached hydrogen (secondary N) is 1. The molecule has 0 spiro atoms. The Hall–Kier alpha value is -2.63. The molecule has 0 aliphatic carbocycles. The Kier molecular flexibility index (Phi) is 5.39. The molecule has 5 nitrogen and oxygen atoms in total. The van der Waals surface area contributed by atoms with Crippen LogP contribution in [0.4, 0.5) is 4.39 Å². The molecule has 1 heterocycles. The summed E-state index contributed by atoms with van der Waals surface area (Å²) >= 11 is 0. The molecule has 2 rings (SSSR count). The van der Waals surface area contributed by atoms with E-state index in [1.165, 1.54) is 19.1 Å². The van der Waals surface area contributed by atoms with Crippen LogP contribution in [0.15, 0.2) is 24.3 Å². The van der Waals surface area contributed by atoms with Crippen molar-refractivity contribution in [2.45, 2.75) is 33.8 Å². The van der Waals surface area contributed by atoms with Gasteiger partial charge in [0.05, 0.1) is 17.9 Å². The van der Waals surface area contributed by atoms with Crippen LogP contribution in [0.25, 0.3) is 0 Å². The van der Waals surface area contributed by atoms with Gasteiger partial charge in [-0.1, -0.05) is 12.1 Å². The highest BCUT2D eigenvalue weighted by atomic mass is 19.1. The van der Waals surface area contributed by atoms with Gasteiger partial charge in [-0.25, -0.2) is 9.18 Å². The topological polar surface area (TPSA) is 68.4 Å². The highest BCUT2D eigenvalue weighted by Gasteiger charge is 2.26. The van der Waals surface area contributed by atoms with Crippen LogP contribution >= 0.6 is 0 Å². The predicted octanol–water partition coefficient (Wildman–Crippen LogP) is 3.60. The maximum Gasteiger partial charge on any atom is 0.340 e. The third kappa shape index (κ3) is 3.48. The summed E-state index contributed by atoms with van der Waals surface area (Å²) in [5.41, 5.74) is 1.66. The quantitative estimate of drug-likeness (QED) is 0.648. The number of Topliss-reactive ketones (excluding diaryl/α,β-unsaturated/α-hetero) is 1. The molecule has 0 aliphatic heterocycles. The average molecular weight is 333 g/mol. The van der Waals surface area contributed by atoms with Crippen LogP contribution in [0.2, 0.25) is 0 Å². The van der Waals surface area contributed by atoms with Crippen LogP contribution in [0.5, 0.6) is 5.75 Å². The summed E-state index contributed by atoms with van der Waals surface area (Å²) in [6, 6.07) is 5.88. The first-order valence-corrected chi connectivity index (χ1v) is 7.68. The number of benzene rings is 1. The summed E-state index contributed by atoms with van der Waals surface area (Å²) in [5.74, 6) is -1.38. The maximum atomic E-state index is 13.6. The number of halogens is 1. The van der Waals surface area contributed by atoms with E-state index < -0.39 is 17.9 Å². The Bertz CT molecular complexity index is 766. The first-order chi connectivity index (χ1) is 11.4. The van der Waals surface area contributed by atoms with Crippen LogP contribution in [-0.2, 0) is 4.74 Å². The standard InChI is InChI=1S/C18H20FNO4/c1-5-23-18(22)15-10(2)16(20-11(15)3)17(21)12(4)24-14-9-7-6-8-13(14)19/h6-9,12,20H,5H2,1-4H3/t12-/m1/s1. The van der Waals surface area contributed by atoms with Gasteiger partial charge in [-0.3, -0.25) is 4.79 Å². The van der Waals surface area contributed by atoms with Gasteiger partial charge < -0.3 is 14.5 Å². The Balaban J connectivity index is 2.25. The molecule has 6 heteroatoms. The van der Waals surface area contributed by atoms with E-state index in [-0.39, 0.29) is 23.8 Å². The van der Waals surface area contributed by atoms with E-state index in [4.69, 9.17) is 9.47 Å². The Morgan fingerprint density at radius 1 is 1.25 bits per heavy atom. The van der Waals surface area contributed by atoms with Crippen LogP contribution in [0, 0.1) is 19.7 Å². The minimum atomic E-state index is -0.909. The van der Waals surface area contributed by atoms with E-state index in [2.05, 4.69) is 4.98 Å². The van der Waals surface area contributed by atoms with Gasteiger partial charge >= 0.3 is 5.97 Å². The Labute approximate surface area is 139 Å². The molecule has 0 saturated heterocycles. The number of hydrogen-bond donors (Lipinski definition) is 1. The van der Waals surface area contributed by atoms with Crippen LogP contribution in [-0.4, -0.2) is 29.4 Å². The fourth-order valence-electron chi connectivity index (χ4n) is 2.49. The third-order valence-corrected chi connectivity index (χ3v) is 3.67. The largest absolute Gasteiger partial charge is 0.479 e. The summed E-state index contributed by atoms with van der Waals surface area (Å²) < 4.78 is 24.1. The van der Waals surface area contributed by atoms with Crippen LogP contribution < -0.4 is 4.74 Å². The molecule has 2 aromatic rings. The normalized spacial score (nSPS) is 11.9. The highest BCUT2D eigenvalue weighted by molar-refractivity contribution is 6.03. The molecule has 1 N–H and O–H groups in total. The second kappa shape index (κ2) is 7.29. The third-order valence-electron chi connectivity index (χ3n) is 3.67. The van der Waals surface area contributed by atoms with Crippen molar-refractivity contribution in [1.82, 2.24) is 4.98 Å². The van der Waals surface area contributed by atoms with Crippen molar-refractivity contribution in [2.75, 3.05) is 6.61 Å². The van der Waals surface area contributed by atoms with Crippen molar-refractivity contribution < 1.29 is 23.5 Å². The first-order valence-electron chi connectivity index (χ1n) is 7.68. The molecule has 0 radical (unpaired) electrons. The fourth-order valence-corrected chi connectivity index (χ4v) is 2.49. The number of ketones is 1. The van der Waals surface area contributed by atoms with Gasteiger partial charge in [0, 0.05) is 5.69 Å². The lowest BCUT2D eigenvalue weighted by Crippen LogP contribution is -2.25. The van der Waals surface area contributed by atoms with Crippen LogP contribution in [0.1, 0.15) is 46.0 Å².